The summed E-state index contributed by atoms with van der Waals surface area (Å²) in [6.07, 6.45) is -9.41. The number of hydrogen-bond acceptors (Lipinski definition) is 13. The fraction of sp³-hybridized carbons (Fsp3) is 0.360. The van der Waals surface area contributed by atoms with Crippen LogP contribution < -0.4 is 4.74 Å². The van der Waals surface area contributed by atoms with Gasteiger partial charge in [-0.3, -0.25) is 9.59 Å². The van der Waals surface area contributed by atoms with Crippen molar-refractivity contribution in [1.29, 1.82) is 0 Å². The number of benzene rings is 2. The molecule has 0 spiro atoms. The Morgan fingerprint density at radius 2 is 1.70 bits per heavy atom. The number of aliphatic hydroxyl groups is 4. The van der Waals surface area contributed by atoms with Crippen molar-refractivity contribution in [3.8, 4) is 34.5 Å². The molecule has 2 aliphatic heterocycles. The first-order valence-electron chi connectivity index (χ1n) is 11.7. The van der Waals surface area contributed by atoms with Gasteiger partial charge in [-0.2, -0.15) is 0 Å². The highest BCUT2D eigenvalue weighted by molar-refractivity contribution is 5.90. The van der Waals surface area contributed by atoms with Gasteiger partial charge in [-0.25, -0.2) is 0 Å². The Bertz CT molecular complexity index is 1320. The minimum absolute atomic E-state index is 0.101. The topological polar surface area (TPSA) is 246 Å². The van der Waals surface area contributed by atoms with Crippen molar-refractivity contribution < 1.29 is 74.1 Å². The molecule has 15 heteroatoms. The minimum Gasteiger partial charge on any atom is -0.571 e. The van der Waals surface area contributed by atoms with Gasteiger partial charge in [0.2, 0.25) is 12.0 Å². The third kappa shape index (κ3) is 5.76. The zero-order valence-electron chi connectivity index (χ0n) is 20.7. The van der Waals surface area contributed by atoms with Crippen LogP contribution in [0.25, 0.3) is 6.08 Å². The predicted octanol–water partition coefficient (Wildman–Crippen LogP) is -0.303. The van der Waals surface area contributed by atoms with Gasteiger partial charge < -0.3 is 64.5 Å². The molecule has 4 rings (SSSR count). The van der Waals surface area contributed by atoms with Gasteiger partial charge in [0.1, 0.15) is 54.5 Å². The van der Waals surface area contributed by atoms with Crippen molar-refractivity contribution in [1.82, 2.24) is 0 Å². The maximum absolute atomic E-state index is 11.6. The van der Waals surface area contributed by atoms with Crippen molar-refractivity contribution in [3.63, 3.8) is 0 Å². The molecule has 0 aliphatic carbocycles. The number of rotatable bonds is 8. The molecule has 216 valence electrons. The Hall–Kier alpha value is -4.44. The lowest BCUT2D eigenvalue weighted by Crippen LogP contribution is -2.59. The van der Waals surface area contributed by atoms with Gasteiger partial charge in [-0.1, -0.05) is 0 Å². The van der Waals surface area contributed by atoms with Gasteiger partial charge in [0.15, 0.2) is 17.3 Å². The number of aromatic hydroxyl groups is 5. The van der Waals surface area contributed by atoms with Crippen LogP contribution in [0.1, 0.15) is 23.7 Å². The van der Waals surface area contributed by atoms with Crippen molar-refractivity contribution in [3.05, 3.63) is 41.2 Å². The van der Waals surface area contributed by atoms with Gasteiger partial charge in [0, 0.05) is 12.1 Å². The SMILES string of the molecule is COc1cc(C2[OH+]c3cc(O)cc(O)c3C=C2O[C@@H]2O[C@H](COC(=O)CC(=O)O)[C@H](O)[C@H](O)[C@@H]2O)cc(O)c1O. The molecule has 1 unspecified atom stereocenters. The van der Waals surface area contributed by atoms with E-state index in [4.69, 9.17) is 24.1 Å². The number of carbonyl (C=O) groups excluding carboxylic acids is 1. The molecular weight excluding hydrogens is 540 g/mol. The van der Waals surface area contributed by atoms with Gasteiger partial charge in [-0.15, -0.1) is 0 Å². The first-order chi connectivity index (χ1) is 18.9. The minimum atomic E-state index is -1.85. The number of ether oxygens (including phenoxy) is 5. The van der Waals surface area contributed by atoms with Gasteiger partial charge >= 0.3 is 11.9 Å². The third-order valence-electron chi connectivity index (χ3n) is 6.18. The molecule has 40 heavy (non-hydrogen) atoms. The summed E-state index contributed by atoms with van der Waals surface area (Å²) in [5.41, 5.74) is 0.293. The van der Waals surface area contributed by atoms with Crippen LogP contribution in [0.2, 0.25) is 0 Å². The Kier molecular flexibility index (Phi) is 8.11. The van der Waals surface area contributed by atoms with Crippen LogP contribution in [0.4, 0.5) is 0 Å². The number of esters is 1. The average molecular weight is 567 g/mol. The number of hydrogen-bond donors (Lipinski definition) is 8. The predicted molar refractivity (Wildman–Crippen MR) is 129 cm³/mol. The number of carboxylic acid groups (broad SMARTS) is 1. The van der Waals surface area contributed by atoms with E-state index in [-0.39, 0.29) is 39.9 Å². The normalized spacial score (nSPS) is 25.6. The van der Waals surface area contributed by atoms with Crippen LogP contribution >= 0.6 is 0 Å². The molecule has 2 aromatic carbocycles. The van der Waals surface area contributed by atoms with Crippen molar-refractivity contribution in [2.75, 3.05) is 13.7 Å². The van der Waals surface area contributed by atoms with Crippen LogP contribution in [0.3, 0.4) is 0 Å². The second kappa shape index (κ2) is 11.4. The summed E-state index contributed by atoms with van der Waals surface area (Å²) in [6.45, 7) is -0.685. The van der Waals surface area contributed by atoms with Crippen molar-refractivity contribution in [2.24, 2.45) is 0 Å². The van der Waals surface area contributed by atoms with Crippen molar-refractivity contribution in [2.45, 2.75) is 43.2 Å². The maximum atomic E-state index is 11.6. The second-order valence-corrected chi connectivity index (χ2v) is 8.95. The number of phenolic OH excluding ortho intramolecular Hbond substituents is 4. The van der Waals surface area contributed by atoms with E-state index in [2.05, 4.69) is 4.74 Å². The summed E-state index contributed by atoms with van der Waals surface area (Å²) in [5, 5.41) is 80.6. The highest BCUT2D eigenvalue weighted by atomic mass is 16.7. The van der Waals surface area contributed by atoms with Crippen LogP contribution in [0.15, 0.2) is 30.0 Å². The van der Waals surface area contributed by atoms with Crippen molar-refractivity contribution >= 4 is 18.0 Å². The Labute approximate surface area is 225 Å². The average Bonchev–Trinajstić information content (AvgIpc) is 2.89. The maximum Gasteiger partial charge on any atom is 0.317 e. The van der Waals surface area contributed by atoms with Crippen LogP contribution in [0.5, 0.6) is 34.5 Å². The molecule has 0 radical (unpaired) electrons. The number of phenols is 4. The lowest BCUT2D eigenvalue weighted by atomic mass is 9.98. The summed E-state index contributed by atoms with van der Waals surface area (Å²) in [4.78, 5) is 22.3. The largest absolute Gasteiger partial charge is 0.571 e. The van der Waals surface area contributed by atoms with Gasteiger partial charge in [0.05, 0.1) is 18.7 Å². The summed E-state index contributed by atoms with van der Waals surface area (Å²) < 4.78 is 25.7. The molecular formula is C25H27O15+. The fourth-order valence-electron chi connectivity index (χ4n) is 4.19. The van der Waals surface area contributed by atoms with Crippen LogP contribution in [-0.2, 0) is 23.8 Å². The number of aliphatic carboxylic acids is 1. The zero-order valence-corrected chi connectivity index (χ0v) is 20.7. The zero-order chi connectivity index (χ0) is 29.3. The smallest absolute Gasteiger partial charge is 0.317 e. The number of aliphatic hydroxyl groups excluding tert-OH is 3. The van der Waals surface area contributed by atoms with E-state index in [0.717, 1.165) is 12.1 Å². The molecule has 0 aromatic heterocycles. The molecule has 0 bridgehead atoms. The molecule has 6 atom stereocenters. The first-order valence-corrected chi connectivity index (χ1v) is 11.7. The number of carbonyl (C=O) groups is 2. The fourth-order valence-corrected chi connectivity index (χ4v) is 4.19. The van der Waals surface area contributed by atoms with E-state index in [9.17, 15) is 45.3 Å². The van der Waals surface area contributed by atoms with E-state index < -0.39 is 73.3 Å². The quantitative estimate of drug-likeness (QED) is 0.0883. The third-order valence-corrected chi connectivity index (χ3v) is 6.18. The summed E-state index contributed by atoms with van der Waals surface area (Å²) in [7, 11) is 1.25. The molecule has 1 saturated heterocycles. The molecule has 15 nitrogen and oxygen atoms in total. The summed E-state index contributed by atoms with van der Waals surface area (Å²) >= 11 is 0. The molecule has 2 heterocycles. The molecule has 1 fully saturated rings. The Morgan fingerprint density at radius 1 is 0.975 bits per heavy atom. The van der Waals surface area contributed by atoms with E-state index in [1.165, 1.54) is 25.3 Å². The summed E-state index contributed by atoms with van der Waals surface area (Å²) in [6, 6.07) is 4.78. The van der Waals surface area contributed by atoms with Crippen LogP contribution in [-0.4, -0.2) is 102 Å². The van der Waals surface area contributed by atoms with E-state index >= 15 is 0 Å². The molecule has 0 amide bonds. The van der Waals surface area contributed by atoms with Gasteiger partial charge in [0.25, 0.3) is 11.9 Å². The summed E-state index contributed by atoms with van der Waals surface area (Å²) in [5.74, 6) is -4.49. The number of fused-ring (bicyclic) bond motifs is 1. The monoisotopic (exact) mass is 567 g/mol. The standard InChI is InChI=1S/C25H26O15/c1-36-15-3-9(2-13(28)20(15)32)24-16(6-11-12(27)4-10(26)5-14(11)38-24)39-25-23(35)22(34)21(33)17(40-25)8-37-19(31)7-18(29)30/h2-6,17,21-28,32-35H,7-8H2,1H3,(H,29,30)/p+1/t17-,21+,22+,23+,24?,25-/m1/s1. The first kappa shape index (κ1) is 28.6. The van der Waals surface area contributed by atoms with E-state index in [1.807, 2.05) is 0 Å². The number of methoxy groups -OCH3 is 1. The Morgan fingerprint density at radius 3 is 2.38 bits per heavy atom. The second-order valence-electron chi connectivity index (χ2n) is 8.95. The molecule has 2 aromatic rings. The highest BCUT2D eigenvalue weighted by Crippen LogP contribution is 2.47. The molecule has 0 saturated carbocycles. The number of carboxylic acids is 1. The Balaban J connectivity index is 1.67. The molecule has 9 N–H and O–H groups in total. The van der Waals surface area contributed by atoms with Gasteiger partial charge in [-0.05, 0) is 12.1 Å². The van der Waals surface area contributed by atoms with E-state index in [0.29, 0.717) is 0 Å². The lowest BCUT2D eigenvalue weighted by Gasteiger charge is -2.40. The van der Waals surface area contributed by atoms with Crippen LogP contribution in [0, 0.1) is 0 Å². The molecule has 2 aliphatic rings. The highest BCUT2D eigenvalue weighted by Gasteiger charge is 2.47. The van der Waals surface area contributed by atoms with E-state index in [1.54, 1.807) is 0 Å². The lowest BCUT2D eigenvalue weighted by molar-refractivity contribution is -0.296.